The summed E-state index contributed by atoms with van der Waals surface area (Å²) >= 11 is 0. The van der Waals surface area contributed by atoms with Crippen molar-refractivity contribution in [1.29, 1.82) is 0 Å². The van der Waals surface area contributed by atoms with E-state index in [0.717, 1.165) is 91.1 Å². The highest BCUT2D eigenvalue weighted by Crippen LogP contribution is 2.22. The third kappa shape index (κ3) is 13.7. The molecule has 0 heterocycles. The van der Waals surface area contributed by atoms with Gasteiger partial charge in [-0.3, -0.25) is 0 Å². The van der Waals surface area contributed by atoms with Gasteiger partial charge in [-0.25, -0.2) is 0 Å². The van der Waals surface area contributed by atoms with E-state index >= 15 is 0 Å². The standard InChI is InChI=1S/C26H44N6.ClH/c27-10-4-12-29-14-6-16-31-21-23-18-24(22-32-17-7-15-30-13-5-11-28)20-26(19-23)25-8-2-1-3-9-25;/h1-3,8-9,18-20,29-32H,4-7,10-17,21-22,27-28H2;1H. The highest BCUT2D eigenvalue weighted by molar-refractivity contribution is 5.85. The van der Waals surface area contributed by atoms with Crippen LogP contribution in [-0.2, 0) is 13.1 Å². The van der Waals surface area contributed by atoms with Crippen molar-refractivity contribution in [2.24, 2.45) is 11.5 Å². The maximum atomic E-state index is 5.53. The Hall–Kier alpha value is -1.51. The molecule has 0 fully saturated rings. The molecule has 33 heavy (non-hydrogen) atoms. The summed E-state index contributed by atoms with van der Waals surface area (Å²) < 4.78 is 0. The summed E-state index contributed by atoms with van der Waals surface area (Å²) in [5.74, 6) is 0. The fourth-order valence-electron chi connectivity index (χ4n) is 3.61. The molecule has 2 aromatic rings. The average Bonchev–Trinajstić information content (AvgIpc) is 2.83. The molecular formula is C26H45ClN6. The first kappa shape index (κ1) is 29.5. The van der Waals surface area contributed by atoms with Crippen LogP contribution in [0.4, 0.5) is 0 Å². The number of rotatable bonds is 19. The first-order valence-electron chi connectivity index (χ1n) is 12.2. The van der Waals surface area contributed by atoms with Gasteiger partial charge in [0.05, 0.1) is 0 Å². The fourth-order valence-corrected chi connectivity index (χ4v) is 3.61. The number of halogens is 1. The molecule has 2 rings (SSSR count). The SMILES string of the molecule is Cl.NCCCNCCCNCc1cc(CNCCCNCCCN)cc(-c2ccccc2)c1. The number of nitrogens with one attached hydrogen (secondary N) is 4. The molecule has 6 nitrogen and oxygen atoms in total. The van der Waals surface area contributed by atoms with Crippen LogP contribution in [0.25, 0.3) is 11.1 Å². The van der Waals surface area contributed by atoms with Crippen molar-refractivity contribution in [1.82, 2.24) is 21.3 Å². The fraction of sp³-hybridized carbons (Fsp3) is 0.538. The Morgan fingerprint density at radius 3 is 1.45 bits per heavy atom. The summed E-state index contributed by atoms with van der Waals surface area (Å²) in [6.07, 6.45) is 4.33. The Kier molecular flexibility index (Phi) is 17.8. The quantitative estimate of drug-likeness (QED) is 0.174. The van der Waals surface area contributed by atoms with E-state index in [9.17, 15) is 0 Å². The summed E-state index contributed by atoms with van der Waals surface area (Å²) in [6, 6.07) is 17.6. The molecule has 8 N–H and O–H groups in total. The van der Waals surface area contributed by atoms with Crippen LogP contribution in [0.15, 0.2) is 48.5 Å². The minimum Gasteiger partial charge on any atom is -0.330 e. The molecule has 0 unspecified atom stereocenters. The second-order valence-electron chi connectivity index (χ2n) is 8.25. The molecule has 0 atom stereocenters. The molecule has 0 spiro atoms. The van der Waals surface area contributed by atoms with Gasteiger partial charge in [0, 0.05) is 13.1 Å². The minimum atomic E-state index is 0. The van der Waals surface area contributed by atoms with Gasteiger partial charge in [-0.2, -0.15) is 0 Å². The summed E-state index contributed by atoms with van der Waals surface area (Å²) in [6.45, 7) is 9.40. The predicted molar refractivity (Wildman–Crippen MR) is 145 cm³/mol. The van der Waals surface area contributed by atoms with E-state index in [-0.39, 0.29) is 12.4 Å². The third-order valence-corrected chi connectivity index (χ3v) is 5.35. The van der Waals surface area contributed by atoms with Gasteiger partial charge in [0.15, 0.2) is 0 Å². The van der Waals surface area contributed by atoms with Crippen LogP contribution in [0.3, 0.4) is 0 Å². The van der Waals surface area contributed by atoms with Gasteiger partial charge >= 0.3 is 0 Å². The molecule has 0 aliphatic rings. The molecular weight excluding hydrogens is 432 g/mol. The topological polar surface area (TPSA) is 100 Å². The van der Waals surface area contributed by atoms with E-state index in [2.05, 4.69) is 69.8 Å². The predicted octanol–water partition coefficient (Wildman–Crippen LogP) is 2.61. The van der Waals surface area contributed by atoms with Gasteiger partial charge in [0.1, 0.15) is 0 Å². The van der Waals surface area contributed by atoms with Gasteiger partial charge < -0.3 is 32.7 Å². The highest BCUT2D eigenvalue weighted by atomic mass is 35.5. The maximum absolute atomic E-state index is 5.53. The van der Waals surface area contributed by atoms with Gasteiger partial charge in [0.2, 0.25) is 0 Å². The van der Waals surface area contributed by atoms with Crippen LogP contribution < -0.4 is 32.7 Å². The molecule has 2 aromatic carbocycles. The van der Waals surface area contributed by atoms with E-state index < -0.39 is 0 Å². The lowest BCUT2D eigenvalue weighted by molar-refractivity contribution is 0.583. The van der Waals surface area contributed by atoms with E-state index in [4.69, 9.17) is 11.5 Å². The van der Waals surface area contributed by atoms with Crippen LogP contribution in [0.1, 0.15) is 36.8 Å². The van der Waals surface area contributed by atoms with E-state index in [1.165, 1.54) is 22.3 Å². The van der Waals surface area contributed by atoms with Crippen molar-refractivity contribution in [3.63, 3.8) is 0 Å². The lowest BCUT2D eigenvalue weighted by Gasteiger charge is -2.12. The van der Waals surface area contributed by atoms with E-state index in [1.807, 2.05) is 0 Å². The molecule has 0 amide bonds. The number of hydrogen-bond donors (Lipinski definition) is 6. The molecule has 0 bridgehead atoms. The zero-order valence-corrected chi connectivity index (χ0v) is 20.9. The third-order valence-electron chi connectivity index (χ3n) is 5.35. The van der Waals surface area contributed by atoms with Crippen molar-refractivity contribution in [2.45, 2.75) is 38.8 Å². The first-order valence-corrected chi connectivity index (χ1v) is 12.2. The maximum Gasteiger partial charge on any atom is 0.0205 e. The first-order chi connectivity index (χ1) is 15.8. The van der Waals surface area contributed by atoms with Crippen molar-refractivity contribution in [3.05, 3.63) is 59.7 Å². The van der Waals surface area contributed by atoms with Crippen LogP contribution >= 0.6 is 12.4 Å². The number of hydrogen-bond acceptors (Lipinski definition) is 6. The van der Waals surface area contributed by atoms with Crippen LogP contribution in [0.2, 0.25) is 0 Å². The Morgan fingerprint density at radius 2 is 0.970 bits per heavy atom. The largest absolute Gasteiger partial charge is 0.330 e. The van der Waals surface area contributed by atoms with Crippen molar-refractivity contribution in [3.8, 4) is 11.1 Å². The molecule has 0 saturated heterocycles. The molecule has 0 radical (unpaired) electrons. The van der Waals surface area contributed by atoms with Gasteiger partial charge in [-0.15, -0.1) is 12.4 Å². The lowest BCUT2D eigenvalue weighted by atomic mass is 9.99. The smallest absolute Gasteiger partial charge is 0.0205 e. The summed E-state index contributed by atoms with van der Waals surface area (Å²) in [7, 11) is 0. The van der Waals surface area contributed by atoms with Gasteiger partial charge in [-0.05, 0) is 112 Å². The van der Waals surface area contributed by atoms with E-state index in [0.29, 0.717) is 0 Å². The molecule has 0 aromatic heterocycles. The van der Waals surface area contributed by atoms with Crippen LogP contribution in [0, 0.1) is 0 Å². The lowest BCUT2D eigenvalue weighted by Crippen LogP contribution is -2.24. The Bertz CT molecular complexity index is 675. The molecule has 186 valence electrons. The molecule has 0 saturated carbocycles. The molecule has 0 aliphatic carbocycles. The van der Waals surface area contributed by atoms with Crippen LogP contribution in [0.5, 0.6) is 0 Å². The zero-order valence-electron chi connectivity index (χ0n) is 20.1. The molecule has 7 heteroatoms. The highest BCUT2D eigenvalue weighted by Gasteiger charge is 2.04. The van der Waals surface area contributed by atoms with Crippen LogP contribution in [-0.4, -0.2) is 52.4 Å². The summed E-state index contributed by atoms with van der Waals surface area (Å²) in [5, 5.41) is 14.1. The van der Waals surface area contributed by atoms with Gasteiger partial charge in [-0.1, -0.05) is 36.4 Å². The number of nitrogens with two attached hydrogens (primary N) is 2. The second kappa shape index (κ2) is 19.9. The summed E-state index contributed by atoms with van der Waals surface area (Å²) in [4.78, 5) is 0. The van der Waals surface area contributed by atoms with Crippen molar-refractivity contribution < 1.29 is 0 Å². The monoisotopic (exact) mass is 476 g/mol. The zero-order chi connectivity index (χ0) is 22.7. The van der Waals surface area contributed by atoms with Gasteiger partial charge in [0.25, 0.3) is 0 Å². The average molecular weight is 477 g/mol. The summed E-state index contributed by atoms with van der Waals surface area (Å²) in [5.41, 5.74) is 16.3. The Labute approximate surface area is 207 Å². The number of benzene rings is 2. The van der Waals surface area contributed by atoms with Crippen molar-refractivity contribution in [2.75, 3.05) is 52.4 Å². The van der Waals surface area contributed by atoms with Crippen molar-refractivity contribution >= 4 is 12.4 Å². The second-order valence-corrected chi connectivity index (χ2v) is 8.25. The Morgan fingerprint density at radius 1 is 0.515 bits per heavy atom. The normalized spacial score (nSPS) is 10.8. The Balaban J connectivity index is 0.00000544. The van der Waals surface area contributed by atoms with E-state index in [1.54, 1.807) is 0 Å². The minimum absolute atomic E-state index is 0. The molecule has 0 aliphatic heterocycles.